The monoisotopic (exact) mass is 471 g/mol. The molecule has 5 rings (SSSR count). The summed E-state index contributed by atoms with van der Waals surface area (Å²) in [5, 5.41) is 21.4. The van der Waals surface area contributed by atoms with E-state index in [-0.39, 0.29) is 10.8 Å². The molecule has 0 fully saturated rings. The lowest BCUT2D eigenvalue weighted by Crippen LogP contribution is -2.40. The second-order valence-corrected chi connectivity index (χ2v) is 8.04. The smallest absolute Gasteiger partial charge is 0.282 e. The fourth-order valence-electron chi connectivity index (χ4n) is 3.98. The van der Waals surface area contributed by atoms with E-state index in [1.54, 1.807) is 47.4 Å². The zero-order valence-electron chi connectivity index (χ0n) is 17.7. The van der Waals surface area contributed by atoms with Gasteiger partial charge in [0.05, 0.1) is 5.52 Å². The number of para-hydroxylation sites is 1. The Balaban J connectivity index is 1.61. The standard InChI is InChI=1S/C26H18FN3O3S/c27-17-11-13-18(14-12-17)29-21(15-10-16-6-2-1-3-7-16)22(28-26(29)34)24(32)30-20-9-5-4-8-19(20)23(31)25(30)33/h1-15,21,31,33H/b15-10+. The number of nitrogens with zero attached hydrogens (tertiary/aromatic N) is 3. The van der Waals surface area contributed by atoms with Crippen LogP contribution in [-0.2, 0) is 0 Å². The van der Waals surface area contributed by atoms with Gasteiger partial charge in [0, 0.05) is 11.1 Å². The number of thiocarbonyl (C=S) groups is 1. The number of carbonyl (C=O) groups is 1. The molecule has 168 valence electrons. The van der Waals surface area contributed by atoms with Gasteiger partial charge < -0.3 is 15.1 Å². The molecule has 1 unspecified atom stereocenters. The van der Waals surface area contributed by atoms with Crippen LogP contribution in [0.25, 0.3) is 17.0 Å². The van der Waals surface area contributed by atoms with Crippen LogP contribution in [0.5, 0.6) is 11.6 Å². The molecule has 1 aliphatic rings. The maximum absolute atomic E-state index is 13.7. The average Bonchev–Trinajstić information content (AvgIpc) is 3.32. The Morgan fingerprint density at radius 1 is 0.971 bits per heavy atom. The van der Waals surface area contributed by atoms with Gasteiger partial charge >= 0.3 is 0 Å². The number of halogens is 1. The summed E-state index contributed by atoms with van der Waals surface area (Å²) in [6.07, 6.45) is 3.61. The number of carbonyl (C=O) groups excluding carboxylic acids is 1. The average molecular weight is 472 g/mol. The van der Waals surface area contributed by atoms with Crippen molar-refractivity contribution >= 4 is 51.6 Å². The molecule has 6 nitrogen and oxygen atoms in total. The first-order valence-electron chi connectivity index (χ1n) is 10.4. The molecule has 0 spiro atoms. The highest BCUT2D eigenvalue weighted by atomic mass is 32.1. The molecule has 4 aromatic rings. The summed E-state index contributed by atoms with van der Waals surface area (Å²) in [5.41, 5.74) is 1.85. The van der Waals surface area contributed by atoms with Crippen molar-refractivity contribution in [2.75, 3.05) is 4.90 Å². The molecule has 0 bridgehead atoms. The number of rotatable bonds is 4. The Bertz CT molecular complexity index is 1480. The van der Waals surface area contributed by atoms with Gasteiger partial charge in [-0.05, 0) is 54.2 Å². The van der Waals surface area contributed by atoms with Crippen LogP contribution in [0, 0.1) is 5.82 Å². The molecular formula is C26H18FN3O3S. The molecule has 2 heterocycles. The highest BCUT2D eigenvalue weighted by molar-refractivity contribution is 7.80. The summed E-state index contributed by atoms with van der Waals surface area (Å²) in [6.45, 7) is 0. The molecule has 8 heteroatoms. The van der Waals surface area contributed by atoms with Gasteiger partial charge in [0.1, 0.15) is 17.6 Å². The minimum atomic E-state index is -0.728. The summed E-state index contributed by atoms with van der Waals surface area (Å²) in [5.74, 6) is -2.01. The van der Waals surface area contributed by atoms with Crippen LogP contribution in [0.15, 0.2) is 89.9 Å². The van der Waals surface area contributed by atoms with Gasteiger partial charge in [-0.3, -0.25) is 4.79 Å². The third-order valence-electron chi connectivity index (χ3n) is 5.60. The second-order valence-electron chi connectivity index (χ2n) is 7.67. The van der Waals surface area contributed by atoms with E-state index in [2.05, 4.69) is 4.99 Å². The van der Waals surface area contributed by atoms with Crippen LogP contribution < -0.4 is 4.90 Å². The molecule has 0 aliphatic carbocycles. The third kappa shape index (κ3) is 3.64. The van der Waals surface area contributed by atoms with Gasteiger partial charge in [-0.15, -0.1) is 0 Å². The Morgan fingerprint density at radius 2 is 1.65 bits per heavy atom. The van der Waals surface area contributed by atoms with Gasteiger partial charge in [0.15, 0.2) is 5.75 Å². The largest absolute Gasteiger partial charge is 0.503 e. The van der Waals surface area contributed by atoms with Crippen LogP contribution in [0.4, 0.5) is 10.1 Å². The fraction of sp³-hybridized carbons (Fsp3) is 0.0385. The van der Waals surface area contributed by atoms with E-state index in [1.807, 2.05) is 36.4 Å². The highest BCUT2D eigenvalue weighted by Gasteiger charge is 2.38. The first-order valence-corrected chi connectivity index (χ1v) is 10.8. The van der Waals surface area contributed by atoms with E-state index in [0.29, 0.717) is 16.6 Å². The molecule has 0 amide bonds. The minimum absolute atomic E-state index is 0.0533. The van der Waals surface area contributed by atoms with Crippen molar-refractivity contribution in [3.8, 4) is 11.6 Å². The van der Waals surface area contributed by atoms with Crippen molar-refractivity contribution in [1.82, 2.24) is 4.57 Å². The van der Waals surface area contributed by atoms with E-state index in [4.69, 9.17) is 12.2 Å². The molecule has 3 aromatic carbocycles. The van der Waals surface area contributed by atoms with E-state index in [9.17, 15) is 19.4 Å². The van der Waals surface area contributed by atoms with Gasteiger partial charge in [0.2, 0.25) is 11.0 Å². The number of aliphatic imine (C=N–C) groups is 1. The zero-order valence-corrected chi connectivity index (χ0v) is 18.5. The molecule has 34 heavy (non-hydrogen) atoms. The normalized spacial score (nSPS) is 15.9. The van der Waals surface area contributed by atoms with Crippen molar-refractivity contribution in [1.29, 1.82) is 0 Å². The Morgan fingerprint density at radius 3 is 2.38 bits per heavy atom. The quantitative estimate of drug-likeness (QED) is 0.402. The lowest BCUT2D eigenvalue weighted by molar-refractivity contribution is 0.0983. The van der Waals surface area contributed by atoms with E-state index in [0.717, 1.165) is 10.1 Å². The molecule has 0 radical (unpaired) electrons. The van der Waals surface area contributed by atoms with Gasteiger partial charge in [-0.1, -0.05) is 54.6 Å². The molecular weight excluding hydrogens is 453 g/mol. The van der Waals surface area contributed by atoms with Crippen LogP contribution in [-0.4, -0.2) is 37.6 Å². The van der Waals surface area contributed by atoms with E-state index >= 15 is 0 Å². The van der Waals surface area contributed by atoms with Crippen LogP contribution in [0.2, 0.25) is 0 Å². The molecule has 2 N–H and O–H groups in total. The third-order valence-corrected chi connectivity index (χ3v) is 5.89. The Kier molecular flexibility index (Phi) is 5.43. The predicted molar refractivity (Wildman–Crippen MR) is 134 cm³/mol. The van der Waals surface area contributed by atoms with Crippen molar-refractivity contribution < 1.29 is 19.4 Å². The maximum Gasteiger partial charge on any atom is 0.282 e. The fourth-order valence-corrected chi connectivity index (χ4v) is 4.30. The van der Waals surface area contributed by atoms with Gasteiger partial charge in [0.25, 0.3) is 5.91 Å². The molecule has 0 saturated carbocycles. The number of anilines is 1. The summed E-state index contributed by atoms with van der Waals surface area (Å²) in [6, 6.07) is 21.1. The van der Waals surface area contributed by atoms with E-state index < -0.39 is 29.4 Å². The summed E-state index contributed by atoms with van der Waals surface area (Å²) >= 11 is 5.48. The minimum Gasteiger partial charge on any atom is -0.503 e. The number of aromatic hydroxyl groups is 2. The first-order chi connectivity index (χ1) is 16.5. The zero-order chi connectivity index (χ0) is 23.8. The highest BCUT2D eigenvalue weighted by Crippen LogP contribution is 2.38. The van der Waals surface area contributed by atoms with Crippen molar-refractivity contribution in [2.45, 2.75) is 6.04 Å². The van der Waals surface area contributed by atoms with Gasteiger partial charge in [-0.2, -0.15) is 0 Å². The number of hydrogen-bond donors (Lipinski definition) is 2. The van der Waals surface area contributed by atoms with Crippen LogP contribution >= 0.6 is 12.2 Å². The van der Waals surface area contributed by atoms with E-state index in [1.165, 1.54) is 12.1 Å². The SMILES string of the molecule is O=C(C1=NC(=S)N(c2ccc(F)cc2)C1/C=C/c1ccccc1)n1c(O)c(O)c2ccccc21. The number of aromatic nitrogens is 1. The lowest BCUT2D eigenvalue weighted by atomic mass is 10.1. The summed E-state index contributed by atoms with van der Waals surface area (Å²) < 4.78 is 14.6. The van der Waals surface area contributed by atoms with Crippen molar-refractivity contribution in [3.63, 3.8) is 0 Å². The van der Waals surface area contributed by atoms with Crippen molar-refractivity contribution in [3.05, 3.63) is 96.3 Å². The van der Waals surface area contributed by atoms with Crippen molar-refractivity contribution in [2.24, 2.45) is 4.99 Å². The topological polar surface area (TPSA) is 78.1 Å². The van der Waals surface area contributed by atoms with Crippen LogP contribution in [0.3, 0.4) is 0 Å². The number of fused-ring (bicyclic) bond motifs is 1. The van der Waals surface area contributed by atoms with Gasteiger partial charge in [-0.25, -0.2) is 13.9 Å². The predicted octanol–water partition coefficient (Wildman–Crippen LogP) is 5.16. The molecule has 1 atom stereocenters. The summed E-state index contributed by atoms with van der Waals surface area (Å²) in [7, 11) is 0. The second kappa shape index (κ2) is 8.57. The first kappa shape index (κ1) is 21.5. The molecule has 1 aromatic heterocycles. The number of hydrogen-bond acceptors (Lipinski definition) is 4. The lowest BCUT2D eigenvalue weighted by Gasteiger charge is -2.24. The summed E-state index contributed by atoms with van der Waals surface area (Å²) in [4.78, 5) is 19.7. The number of benzene rings is 3. The van der Waals surface area contributed by atoms with Crippen LogP contribution in [0.1, 0.15) is 10.4 Å². The Labute approximate surface area is 199 Å². The Hall–Kier alpha value is -4.30. The molecule has 1 aliphatic heterocycles. The maximum atomic E-state index is 13.7. The molecule has 0 saturated heterocycles.